The standard InChI is InChI=1S/C17H16F3N5O4S/c1-16(14(26)23-15(27)24-16)10-30(28,29)25-6-4-11(5-7-25)2-3-12-8-21-13(22-9-12)17(18,19)20/h4,8-9H,5-7,10H2,1H3,(H2,23,24,26,27). The average molecular weight is 443 g/mol. The summed E-state index contributed by atoms with van der Waals surface area (Å²) in [4.78, 5) is 29.6. The van der Waals surface area contributed by atoms with Crippen molar-refractivity contribution in [3.8, 4) is 11.8 Å². The molecule has 2 aliphatic rings. The van der Waals surface area contributed by atoms with Gasteiger partial charge in [-0.3, -0.25) is 10.1 Å². The largest absolute Gasteiger partial charge is 0.451 e. The average Bonchev–Trinajstić information content (AvgIpc) is 2.90. The van der Waals surface area contributed by atoms with Crippen molar-refractivity contribution in [1.82, 2.24) is 24.9 Å². The predicted octanol–water partition coefficient (Wildman–Crippen LogP) is 0.407. The molecule has 1 fully saturated rings. The highest BCUT2D eigenvalue weighted by Gasteiger charge is 2.46. The van der Waals surface area contributed by atoms with Crippen molar-refractivity contribution in [1.29, 1.82) is 0 Å². The normalized spacial score (nSPS) is 22.6. The summed E-state index contributed by atoms with van der Waals surface area (Å²) in [6.07, 6.45) is -0.849. The van der Waals surface area contributed by atoms with Crippen molar-refractivity contribution in [2.24, 2.45) is 0 Å². The van der Waals surface area contributed by atoms with Crippen LogP contribution in [0.25, 0.3) is 0 Å². The molecule has 0 aromatic carbocycles. The molecule has 1 aromatic heterocycles. The van der Waals surface area contributed by atoms with Crippen LogP contribution in [0, 0.1) is 11.8 Å². The molecule has 2 N–H and O–H groups in total. The summed E-state index contributed by atoms with van der Waals surface area (Å²) in [6.45, 7) is 1.45. The molecule has 0 spiro atoms. The molecule has 1 unspecified atom stereocenters. The predicted molar refractivity (Wildman–Crippen MR) is 97.1 cm³/mol. The highest BCUT2D eigenvalue weighted by molar-refractivity contribution is 7.89. The van der Waals surface area contributed by atoms with Crippen molar-refractivity contribution in [3.63, 3.8) is 0 Å². The molecule has 30 heavy (non-hydrogen) atoms. The molecule has 0 bridgehead atoms. The minimum absolute atomic E-state index is 0.0154. The Balaban J connectivity index is 1.65. The number of carbonyl (C=O) groups excluding carboxylic acids is 2. The van der Waals surface area contributed by atoms with Gasteiger partial charge in [0.2, 0.25) is 15.8 Å². The molecule has 9 nitrogen and oxygen atoms in total. The zero-order chi connectivity index (χ0) is 22.2. The zero-order valence-electron chi connectivity index (χ0n) is 15.6. The Morgan fingerprint density at radius 1 is 1.23 bits per heavy atom. The van der Waals surface area contributed by atoms with Crippen LogP contribution < -0.4 is 10.6 Å². The van der Waals surface area contributed by atoms with Crippen LogP contribution in [-0.4, -0.2) is 59.0 Å². The number of halogens is 3. The number of alkyl halides is 3. The fourth-order valence-corrected chi connectivity index (χ4v) is 4.63. The number of nitrogens with zero attached hydrogens (tertiary/aromatic N) is 3. The summed E-state index contributed by atoms with van der Waals surface area (Å²) in [5.41, 5.74) is -0.753. The lowest BCUT2D eigenvalue weighted by molar-refractivity contribution is -0.145. The second-order valence-corrected chi connectivity index (χ2v) is 8.85. The molecule has 2 aliphatic heterocycles. The second-order valence-electron chi connectivity index (χ2n) is 6.88. The molecule has 1 saturated heterocycles. The van der Waals surface area contributed by atoms with E-state index < -0.39 is 45.3 Å². The number of rotatable bonds is 3. The molecule has 3 rings (SSSR count). The number of amides is 3. The van der Waals surface area contributed by atoms with Gasteiger partial charge in [0.25, 0.3) is 5.91 Å². The van der Waals surface area contributed by atoms with E-state index >= 15 is 0 Å². The number of imide groups is 1. The zero-order valence-corrected chi connectivity index (χ0v) is 16.4. The molecule has 3 heterocycles. The van der Waals surface area contributed by atoms with Crippen molar-refractivity contribution >= 4 is 22.0 Å². The first kappa shape index (κ1) is 21.7. The number of hydrogen-bond donors (Lipinski definition) is 2. The molecule has 0 saturated carbocycles. The number of aromatic nitrogens is 2. The van der Waals surface area contributed by atoms with Crippen molar-refractivity contribution in [2.75, 3.05) is 18.8 Å². The van der Waals surface area contributed by atoms with Gasteiger partial charge in [0.15, 0.2) is 0 Å². The smallest absolute Gasteiger partial charge is 0.322 e. The number of urea groups is 1. The van der Waals surface area contributed by atoms with E-state index in [9.17, 15) is 31.2 Å². The summed E-state index contributed by atoms with van der Waals surface area (Å²) in [5.74, 6) is 2.85. The van der Waals surface area contributed by atoms with Gasteiger partial charge in [-0.1, -0.05) is 17.9 Å². The second kappa shape index (κ2) is 7.69. The third-order valence-corrected chi connectivity index (χ3v) is 6.49. The van der Waals surface area contributed by atoms with Gasteiger partial charge in [-0.2, -0.15) is 17.5 Å². The molecule has 13 heteroatoms. The fraction of sp³-hybridized carbons (Fsp3) is 0.412. The van der Waals surface area contributed by atoms with E-state index in [0.717, 1.165) is 12.4 Å². The maximum atomic E-state index is 12.6. The number of sulfonamides is 1. The van der Waals surface area contributed by atoms with Gasteiger partial charge in [0.1, 0.15) is 5.54 Å². The summed E-state index contributed by atoms with van der Waals surface area (Å²) in [7, 11) is -3.85. The van der Waals surface area contributed by atoms with Gasteiger partial charge in [-0.15, -0.1) is 0 Å². The van der Waals surface area contributed by atoms with E-state index in [1.165, 1.54) is 11.2 Å². The first-order valence-corrected chi connectivity index (χ1v) is 10.2. The molecular formula is C17H16F3N5O4S. The SMILES string of the molecule is CC1(CS(=O)(=O)N2CC=C(C#Cc3cnc(C(F)(F)F)nc3)CC2)NC(=O)NC1=O. The maximum absolute atomic E-state index is 12.6. The van der Waals surface area contributed by atoms with Crippen LogP contribution >= 0.6 is 0 Å². The van der Waals surface area contributed by atoms with E-state index in [2.05, 4.69) is 27.1 Å². The summed E-state index contributed by atoms with van der Waals surface area (Å²) < 4.78 is 63.8. The third-order valence-electron chi connectivity index (χ3n) is 4.43. The molecule has 3 amide bonds. The van der Waals surface area contributed by atoms with Crippen molar-refractivity contribution < 1.29 is 31.2 Å². The van der Waals surface area contributed by atoms with Gasteiger partial charge >= 0.3 is 12.2 Å². The Bertz CT molecular complexity index is 1070. The summed E-state index contributed by atoms with van der Waals surface area (Å²) >= 11 is 0. The number of carbonyl (C=O) groups is 2. The molecule has 160 valence electrons. The lowest BCUT2D eigenvalue weighted by Gasteiger charge is -2.28. The highest BCUT2D eigenvalue weighted by Crippen LogP contribution is 2.25. The number of nitrogens with one attached hydrogen (secondary N) is 2. The third kappa shape index (κ3) is 4.77. The van der Waals surface area contributed by atoms with Crippen LogP contribution in [0.3, 0.4) is 0 Å². The van der Waals surface area contributed by atoms with Gasteiger partial charge < -0.3 is 5.32 Å². The van der Waals surface area contributed by atoms with E-state index in [0.29, 0.717) is 5.57 Å². The van der Waals surface area contributed by atoms with Crippen molar-refractivity contribution in [3.05, 3.63) is 35.4 Å². The topological polar surface area (TPSA) is 121 Å². The Labute approximate surface area is 169 Å². The highest BCUT2D eigenvalue weighted by atomic mass is 32.2. The van der Waals surface area contributed by atoms with Crippen LogP contribution in [-0.2, 0) is 21.0 Å². The Morgan fingerprint density at radius 2 is 1.90 bits per heavy atom. The lowest BCUT2D eigenvalue weighted by Crippen LogP contribution is -2.52. The van der Waals surface area contributed by atoms with E-state index in [1.807, 2.05) is 5.32 Å². The van der Waals surface area contributed by atoms with E-state index in [1.54, 1.807) is 6.08 Å². The fourth-order valence-electron chi connectivity index (χ4n) is 2.85. The maximum Gasteiger partial charge on any atom is 0.451 e. The van der Waals surface area contributed by atoms with Crippen LogP contribution in [0.15, 0.2) is 24.0 Å². The molecular weight excluding hydrogens is 427 g/mol. The number of hydrogen-bond acceptors (Lipinski definition) is 6. The Morgan fingerprint density at radius 3 is 2.40 bits per heavy atom. The summed E-state index contributed by atoms with van der Waals surface area (Å²) in [6, 6.07) is -0.749. The Kier molecular flexibility index (Phi) is 5.57. The monoisotopic (exact) mass is 443 g/mol. The van der Waals surface area contributed by atoms with Gasteiger partial charge in [-0.25, -0.2) is 23.2 Å². The summed E-state index contributed by atoms with van der Waals surface area (Å²) in [5, 5.41) is 4.32. The molecule has 1 aromatic rings. The quantitative estimate of drug-likeness (QED) is 0.516. The molecule has 1 atom stereocenters. The van der Waals surface area contributed by atoms with E-state index in [-0.39, 0.29) is 25.1 Å². The van der Waals surface area contributed by atoms with Crippen LogP contribution in [0.2, 0.25) is 0 Å². The minimum atomic E-state index is -4.63. The van der Waals surface area contributed by atoms with E-state index in [4.69, 9.17) is 0 Å². The molecule has 0 aliphatic carbocycles. The first-order valence-electron chi connectivity index (χ1n) is 8.61. The lowest BCUT2D eigenvalue weighted by atomic mass is 10.1. The van der Waals surface area contributed by atoms with Crippen LogP contribution in [0.4, 0.5) is 18.0 Å². The van der Waals surface area contributed by atoms with Gasteiger partial charge in [0, 0.05) is 31.1 Å². The Hall–Kier alpha value is -2.98. The minimum Gasteiger partial charge on any atom is -0.322 e. The van der Waals surface area contributed by atoms with Gasteiger partial charge in [0.05, 0.1) is 11.3 Å². The van der Waals surface area contributed by atoms with Crippen LogP contribution in [0.1, 0.15) is 24.7 Å². The van der Waals surface area contributed by atoms with Gasteiger partial charge in [-0.05, 0) is 13.3 Å². The van der Waals surface area contributed by atoms with Crippen LogP contribution in [0.5, 0.6) is 0 Å². The van der Waals surface area contributed by atoms with Crippen molar-refractivity contribution in [2.45, 2.75) is 25.1 Å². The molecule has 0 radical (unpaired) electrons. The first-order chi connectivity index (χ1) is 13.9.